The van der Waals surface area contributed by atoms with Gasteiger partial charge in [-0.05, 0) is 44.9 Å². The van der Waals surface area contributed by atoms with Crippen LogP contribution in [0, 0.1) is 6.92 Å². The summed E-state index contributed by atoms with van der Waals surface area (Å²) in [6.45, 7) is 5.38. The van der Waals surface area contributed by atoms with Gasteiger partial charge in [0, 0.05) is 6.04 Å². The Labute approximate surface area is 91.6 Å². The molecule has 1 heterocycles. The van der Waals surface area contributed by atoms with Crippen LogP contribution in [0.15, 0.2) is 24.3 Å². The minimum atomic E-state index is 0.377. The molecule has 2 heteroatoms. The average molecular weight is 205 g/mol. The molecule has 15 heavy (non-hydrogen) atoms. The van der Waals surface area contributed by atoms with E-state index in [0.29, 0.717) is 12.1 Å². The third kappa shape index (κ3) is 2.72. The molecule has 2 rings (SSSR count). The van der Waals surface area contributed by atoms with Gasteiger partial charge in [-0.2, -0.15) is 0 Å². The fourth-order valence-electron chi connectivity index (χ4n) is 2.06. The second-order valence-corrected chi connectivity index (χ2v) is 4.38. The molecule has 1 aromatic carbocycles. The Morgan fingerprint density at radius 1 is 1.33 bits per heavy atom. The molecular weight excluding hydrogens is 186 g/mol. The number of piperidine rings is 1. The van der Waals surface area contributed by atoms with Crippen LogP contribution in [0.4, 0.5) is 0 Å². The second-order valence-electron chi connectivity index (χ2n) is 4.38. The van der Waals surface area contributed by atoms with E-state index < -0.39 is 0 Å². The summed E-state index contributed by atoms with van der Waals surface area (Å²) in [4.78, 5) is 0. The van der Waals surface area contributed by atoms with Gasteiger partial charge in [-0.15, -0.1) is 0 Å². The van der Waals surface area contributed by atoms with Gasteiger partial charge in [0.15, 0.2) is 0 Å². The number of hydrogen-bond acceptors (Lipinski definition) is 2. The quantitative estimate of drug-likeness (QED) is 0.801. The first-order valence-corrected chi connectivity index (χ1v) is 5.71. The smallest absolute Gasteiger partial charge is 0.122 e. The van der Waals surface area contributed by atoms with Crippen molar-refractivity contribution in [1.29, 1.82) is 0 Å². The van der Waals surface area contributed by atoms with Gasteiger partial charge in [-0.25, -0.2) is 0 Å². The van der Waals surface area contributed by atoms with Gasteiger partial charge in [-0.3, -0.25) is 0 Å². The first-order valence-electron chi connectivity index (χ1n) is 5.71. The molecule has 0 saturated carbocycles. The van der Waals surface area contributed by atoms with Gasteiger partial charge < -0.3 is 10.1 Å². The van der Waals surface area contributed by atoms with Crippen molar-refractivity contribution in [2.75, 3.05) is 6.54 Å². The zero-order valence-corrected chi connectivity index (χ0v) is 9.49. The topological polar surface area (TPSA) is 21.3 Å². The minimum absolute atomic E-state index is 0.377. The molecule has 0 aromatic heterocycles. The van der Waals surface area contributed by atoms with E-state index in [-0.39, 0.29) is 0 Å². The van der Waals surface area contributed by atoms with Crippen LogP contribution in [0.2, 0.25) is 0 Å². The Hall–Kier alpha value is -1.02. The largest absolute Gasteiger partial charge is 0.490 e. The molecule has 1 N–H and O–H groups in total. The fraction of sp³-hybridized carbons (Fsp3) is 0.538. The first-order chi connectivity index (χ1) is 7.25. The highest BCUT2D eigenvalue weighted by Crippen LogP contribution is 2.21. The number of ether oxygens (including phenoxy) is 1. The van der Waals surface area contributed by atoms with E-state index in [1.807, 2.05) is 12.1 Å². The molecule has 0 bridgehead atoms. The summed E-state index contributed by atoms with van der Waals surface area (Å²) in [5.41, 5.74) is 1.23. The molecule has 1 aromatic rings. The molecular formula is C13H19NO. The molecule has 1 aliphatic heterocycles. The highest BCUT2D eigenvalue weighted by atomic mass is 16.5. The third-order valence-electron chi connectivity index (χ3n) is 2.96. The molecule has 0 spiro atoms. The molecule has 0 aliphatic carbocycles. The van der Waals surface area contributed by atoms with Gasteiger partial charge in [0.1, 0.15) is 11.9 Å². The minimum Gasteiger partial charge on any atom is -0.490 e. The zero-order valence-electron chi connectivity index (χ0n) is 9.49. The molecule has 1 aliphatic rings. The normalized spacial score (nSPS) is 26.3. The maximum absolute atomic E-state index is 6.02. The lowest BCUT2D eigenvalue weighted by molar-refractivity contribution is 0.143. The van der Waals surface area contributed by atoms with Crippen LogP contribution in [0.1, 0.15) is 25.3 Å². The average Bonchev–Trinajstić information content (AvgIpc) is 2.22. The highest BCUT2D eigenvalue weighted by molar-refractivity contribution is 5.31. The van der Waals surface area contributed by atoms with Gasteiger partial charge in [0.2, 0.25) is 0 Å². The third-order valence-corrected chi connectivity index (χ3v) is 2.96. The molecule has 82 valence electrons. The van der Waals surface area contributed by atoms with Gasteiger partial charge in [0.05, 0.1) is 0 Å². The molecule has 0 amide bonds. The SMILES string of the molecule is Cc1ccccc1OC1CCNC(C)C1. The monoisotopic (exact) mass is 205 g/mol. The summed E-state index contributed by atoms with van der Waals surface area (Å²) in [5.74, 6) is 1.04. The van der Waals surface area contributed by atoms with E-state index >= 15 is 0 Å². The van der Waals surface area contributed by atoms with Crippen LogP contribution in [0.25, 0.3) is 0 Å². The Morgan fingerprint density at radius 3 is 2.87 bits per heavy atom. The number of para-hydroxylation sites is 1. The molecule has 2 nitrogen and oxygen atoms in total. The lowest BCUT2D eigenvalue weighted by Gasteiger charge is -2.29. The standard InChI is InChI=1S/C13H19NO/c1-10-5-3-4-6-13(10)15-12-7-8-14-11(2)9-12/h3-6,11-12,14H,7-9H2,1-2H3. The van der Waals surface area contributed by atoms with Gasteiger partial charge in [0.25, 0.3) is 0 Å². The molecule has 2 unspecified atom stereocenters. The number of nitrogens with one attached hydrogen (secondary N) is 1. The molecule has 1 saturated heterocycles. The summed E-state index contributed by atoms with van der Waals surface area (Å²) in [6.07, 6.45) is 2.59. The van der Waals surface area contributed by atoms with Crippen LogP contribution in [0.3, 0.4) is 0 Å². The molecule has 2 atom stereocenters. The number of hydrogen-bond donors (Lipinski definition) is 1. The van der Waals surface area contributed by atoms with Crippen LogP contribution < -0.4 is 10.1 Å². The van der Waals surface area contributed by atoms with Crippen molar-refractivity contribution in [2.24, 2.45) is 0 Å². The number of benzene rings is 1. The highest BCUT2D eigenvalue weighted by Gasteiger charge is 2.19. The number of rotatable bonds is 2. The summed E-state index contributed by atoms with van der Waals surface area (Å²) < 4.78 is 6.02. The van der Waals surface area contributed by atoms with Crippen molar-refractivity contribution in [2.45, 2.75) is 38.8 Å². The Bertz CT molecular complexity index is 324. The van der Waals surface area contributed by atoms with E-state index in [2.05, 4.69) is 31.3 Å². The van der Waals surface area contributed by atoms with E-state index in [0.717, 1.165) is 25.1 Å². The lowest BCUT2D eigenvalue weighted by Crippen LogP contribution is -2.40. The van der Waals surface area contributed by atoms with E-state index in [1.165, 1.54) is 5.56 Å². The van der Waals surface area contributed by atoms with Crippen LogP contribution in [-0.4, -0.2) is 18.7 Å². The van der Waals surface area contributed by atoms with Crippen LogP contribution >= 0.6 is 0 Å². The summed E-state index contributed by atoms with van der Waals surface area (Å²) in [5, 5.41) is 3.43. The van der Waals surface area contributed by atoms with Crippen molar-refractivity contribution in [1.82, 2.24) is 5.32 Å². The van der Waals surface area contributed by atoms with Gasteiger partial charge in [-0.1, -0.05) is 18.2 Å². The first kappa shape index (κ1) is 10.5. The van der Waals surface area contributed by atoms with Crippen molar-refractivity contribution in [3.8, 4) is 5.75 Å². The molecule has 1 fully saturated rings. The van der Waals surface area contributed by atoms with Crippen LogP contribution in [-0.2, 0) is 0 Å². The van der Waals surface area contributed by atoms with Crippen LogP contribution in [0.5, 0.6) is 5.75 Å². The maximum atomic E-state index is 6.02. The predicted octanol–water partition coefficient (Wildman–Crippen LogP) is 2.51. The van der Waals surface area contributed by atoms with Crippen molar-refractivity contribution in [3.63, 3.8) is 0 Å². The van der Waals surface area contributed by atoms with Crippen molar-refractivity contribution in [3.05, 3.63) is 29.8 Å². The Morgan fingerprint density at radius 2 is 2.13 bits per heavy atom. The summed E-state index contributed by atoms with van der Waals surface area (Å²) in [7, 11) is 0. The fourth-order valence-corrected chi connectivity index (χ4v) is 2.06. The predicted molar refractivity (Wildman–Crippen MR) is 62.3 cm³/mol. The Kier molecular flexibility index (Phi) is 3.27. The van der Waals surface area contributed by atoms with E-state index in [4.69, 9.17) is 4.74 Å². The number of aryl methyl sites for hydroxylation is 1. The van der Waals surface area contributed by atoms with Crippen molar-refractivity contribution < 1.29 is 4.74 Å². The van der Waals surface area contributed by atoms with Crippen molar-refractivity contribution >= 4 is 0 Å². The summed E-state index contributed by atoms with van der Waals surface area (Å²) in [6, 6.07) is 8.81. The van der Waals surface area contributed by atoms with E-state index in [9.17, 15) is 0 Å². The lowest BCUT2D eigenvalue weighted by atomic mass is 10.0. The summed E-state index contributed by atoms with van der Waals surface area (Å²) >= 11 is 0. The molecule has 0 radical (unpaired) electrons. The second kappa shape index (κ2) is 4.67. The van der Waals surface area contributed by atoms with E-state index in [1.54, 1.807) is 0 Å². The maximum Gasteiger partial charge on any atom is 0.122 e. The van der Waals surface area contributed by atoms with Gasteiger partial charge >= 0.3 is 0 Å². The Balaban J connectivity index is 1.99. The zero-order chi connectivity index (χ0) is 10.7.